The fraction of sp³-hybridized carbons (Fsp3) is 0.0500. The summed E-state index contributed by atoms with van der Waals surface area (Å²) in [5, 5.41) is 5.61. The quantitative estimate of drug-likeness (QED) is 0.668. The van der Waals surface area contributed by atoms with Crippen LogP contribution in [0.25, 0.3) is 0 Å². The van der Waals surface area contributed by atoms with E-state index in [0.717, 1.165) is 0 Å². The van der Waals surface area contributed by atoms with Gasteiger partial charge in [0.1, 0.15) is 11.6 Å². The minimum Gasteiger partial charge on any atom is -0.465 e. The van der Waals surface area contributed by atoms with Crippen LogP contribution in [0.1, 0.15) is 20.7 Å². The Kier molecular flexibility index (Phi) is 5.41. The van der Waals surface area contributed by atoms with Gasteiger partial charge in [0.05, 0.1) is 35.8 Å². The molecule has 0 fully saturated rings. The number of anilines is 3. The van der Waals surface area contributed by atoms with E-state index in [-0.39, 0.29) is 5.56 Å². The monoisotopic (exact) mass is 365 g/mol. The zero-order valence-corrected chi connectivity index (χ0v) is 14.4. The zero-order chi connectivity index (χ0) is 19.2. The normalized spacial score (nSPS) is 10.1. The van der Waals surface area contributed by atoms with Gasteiger partial charge in [-0.25, -0.2) is 14.2 Å². The first-order valence-corrected chi connectivity index (χ1v) is 8.05. The third-order valence-corrected chi connectivity index (χ3v) is 3.73. The summed E-state index contributed by atoms with van der Waals surface area (Å²) in [5.41, 5.74) is 1.28. The second-order valence-electron chi connectivity index (χ2n) is 5.53. The lowest BCUT2D eigenvalue weighted by atomic mass is 10.2. The van der Waals surface area contributed by atoms with Crippen molar-refractivity contribution in [2.75, 3.05) is 17.7 Å². The number of para-hydroxylation sites is 1. The highest BCUT2D eigenvalue weighted by atomic mass is 19.1. The van der Waals surface area contributed by atoms with Crippen molar-refractivity contribution in [2.24, 2.45) is 0 Å². The number of esters is 1. The van der Waals surface area contributed by atoms with Crippen LogP contribution in [0.15, 0.2) is 66.9 Å². The number of benzene rings is 2. The summed E-state index contributed by atoms with van der Waals surface area (Å²) >= 11 is 0. The molecule has 0 saturated heterocycles. The summed E-state index contributed by atoms with van der Waals surface area (Å²) in [6.45, 7) is 0. The van der Waals surface area contributed by atoms with Crippen LogP contribution in [0, 0.1) is 5.82 Å². The predicted octanol–water partition coefficient (Wildman–Crippen LogP) is 4.00. The van der Waals surface area contributed by atoms with E-state index in [9.17, 15) is 14.0 Å². The van der Waals surface area contributed by atoms with Crippen molar-refractivity contribution in [3.05, 3.63) is 83.8 Å². The summed E-state index contributed by atoms with van der Waals surface area (Å²) < 4.78 is 18.4. The number of hydrogen-bond acceptors (Lipinski definition) is 5. The van der Waals surface area contributed by atoms with E-state index in [4.69, 9.17) is 4.74 Å². The van der Waals surface area contributed by atoms with Crippen LogP contribution in [0.4, 0.5) is 21.6 Å². The molecule has 0 aliphatic rings. The van der Waals surface area contributed by atoms with Crippen molar-refractivity contribution in [2.45, 2.75) is 0 Å². The lowest BCUT2D eigenvalue weighted by molar-refractivity contribution is 0.0601. The Morgan fingerprint density at radius 3 is 2.33 bits per heavy atom. The number of methoxy groups -OCH3 is 1. The molecule has 2 N–H and O–H groups in total. The Morgan fingerprint density at radius 2 is 1.67 bits per heavy atom. The van der Waals surface area contributed by atoms with Gasteiger partial charge in [0.15, 0.2) is 0 Å². The Hall–Kier alpha value is -3.74. The summed E-state index contributed by atoms with van der Waals surface area (Å²) in [6.07, 6.45) is 1.43. The van der Waals surface area contributed by atoms with Crippen molar-refractivity contribution in [1.29, 1.82) is 0 Å². The lowest BCUT2D eigenvalue weighted by Gasteiger charge is -2.11. The molecule has 3 rings (SSSR count). The van der Waals surface area contributed by atoms with E-state index in [2.05, 4.69) is 15.6 Å². The molecule has 0 aliphatic heterocycles. The Bertz CT molecular complexity index is 974. The van der Waals surface area contributed by atoms with Gasteiger partial charge < -0.3 is 15.4 Å². The van der Waals surface area contributed by atoms with Gasteiger partial charge in [-0.3, -0.25) is 4.79 Å². The van der Waals surface area contributed by atoms with E-state index in [1.54, 1.807) is 42.5 Å². The molecule has 0 spiro atoms. The number of nitrogens with one attached hydrogen (secondary N) is 2. The second kappa shape index (κ2) is 8.09. The maximum Gasteiger partial charge on any atom is 0.339 e. The number of carbonyl (C=O) groups excluding carboxylic acids is 2. The Balaban J connectivity index is 1.72. The number of carbonyl (C=O) groups is 2. The topological polar surface area (TPSA) is 80.3 Å². The summed E-state index contributed by atoms with van der Waals surface area (Å²) in [5.74, 6) is -1.16. The van der Waals surface area contributed by atoms with Crippen LogP contribution < -0.4 is 10.6 Å². The molecule has 0 saturated carbocycles. The molecule has 27 heavy (non-hydrogen) atoms. The number of pyridine rings is 1. The molecule has 1 aromatic heterocycles. The van der Waals surface area contributed by atoms with Gasteiger partial charge in [-0.1, -0.05) is 24.3 Å². The van der Waals surface area contributed by atoms with E-state index in [1.807, 2.05) is 0 Å². The Morgan fingerprint density at radius 1 is 0.963 bits per heavy atom. The highest BCUT2D eigenvalue weighted by Crippen LogP contribution is 2.21. The number of aromatic nitrogens is 1. The van der Waals surface area contributed by atoms with Crippen LogP contribution in [0.3, 0.4) is 0 Å². The van der Waals surface area contributed by atoms with Crippen LogP contribution in [0.5, 0.6) is 0 Å². The average Bonchev–Trinajstić information content (AvgIpc) is 2.69. The molecular formula is C20H16FN3O3. The molecule has 1 heterocycles. The van der Waals surface area contributed by atoms with Gasteiger partial charge in [0.25, 0.3) is 5.91 Å². The molecule has 6 nitrogen and oxygen atoms in total. The SMILES string of the molecule is COC(=O)c1ccccc1Nc1ccc(NC(=O)c2ccccc2F)cn1. The van der Waals surface area contributed by atoms with Gasteiger partial charge in [-0.15, -0.1) is 0 Å². The second-order valence-corrected chi connectivity index (χ2v) is 5.53. The number of amides is 1. The lowest BCUT2D eigenvalue weighted by Crippen LogP contribution is -2.13. The molecule has 2 aromatic carbocycles. The first kappa shape index (κ1) is 18.1. The maximum absolute atomic E-state index is 13.7. The molecule has 0 aliphatic carbocycles. The van der Waals surface area contributed by atoms with E-state index < -0.39 is 17.7 Å². The van der Waals surface area contributed by atoms with Gasteiger partial charge >= 0.3 is 5.97 Å². The molecule has 0 atom stereocenters. The van der Waals surface area contributed by atoms with Crippen molar-refractivity contribution in [3.63, 3.8) is 0 Å². The minimum atomic E-state index is -0.597. The third kappa shape index (κ3) is 4.27. The maximum atomic E-state index is 13.7. The summed E-state index contributed by atoms with van der Waals surface area (Å²) in [6, 6.07) is 15.8. The molecule has 0 unspecified atom stereocenters. The fourth-order valence-corrected chi connectivity index (χ4v) is 2.40. The standard InChI is InChI=1S/C20H16FN3O3/c1-27-20(26)15-7-3-5-9-17(15)24-18-11-10-13(12-22-18)23-19(25)14-6-2-4-8-16(14)21/h2-12H,1H3,(H,22,24)(H,23,25). The molecule has 0 radical (unpaired) electrons. The van der Waals surface area contributed by atoms with E-state index in [1.165, 1.54) is 31.5 Å². The van der Waals surface area contributed by atoms with Gasteiger partial charge in [0, 0.05) is 0 Å². The van der Waals surface area contributed by atoms with Crippen molar-refractivity contribution in [1.82, 2.24) is 4.98 Å². The highest BCUT2D eigenvalue weighted by Gasteiger charge is 2.13. The number of hydrogen-bond donors (Lipinski definition) is 2. The van der Waals surface area contributed by atoms with Crippen LogP contribution in [-0.2, 0) is 4.74 Å². The largest absolute Gasteiger partial charge is 0.465 e. The number of rotatable bonds is 5. The van der Waals surface area contributed by atoms with Gasteiger partial charge in [0.2, 0.25) is 0 Å². The zero-order valence-electron chi connectivity index (χ0n) is 14.4. The summed E-state index contributed by atoms with van der Waals surface area (Å²) in [4.78, 5) is 28.1. The molecule has 1 amide bonds. The predicted molar refractivity (Wildman–Crippen MR) is 99.7 cm³/mol. The van der Waals surface area contributed by atoms with Crippen molar-refractivity contribution >= 4 is 29.1 Å². The van der Waals surface area contributed by atoms with E-state index in [0.29, 0.717) is 22.8 Å². The molecular weight excluding hydrogens is 349 g/mol. The fourth-order valence-electron chi connectivity index (χ4n) is 2.40. The smallest absolute Gasteiger partial charge is 0.339 e. The van der Waals surface area contributed by atoms with Crippen molar-refractivity contribution < 1.29 is 18.7 Å². The van der Waals surface area contributed by atoms with Gasteiger partial charge in [-0.2, -0.15) is 0 Å². The van der Waals surface area contributed by atoms with Crippen LogP contribution in [-0.4, -0.2) is 24.0 Å². The number of ether oxygens (including phenoxy) is 1. The Labute approximate surface area is 155 Å². The van der Waals surface area contributed by atoms with Crippen LogP contribution >= 0.6 is 0 Å². The third-order valence-electron chi connectivity index (χ3n) is 3.73. The number of nitrogens with zero attached hydrogens (tertiary/aromatic N) is 1. The summed E-state index contributed by atoms with van der Waals surface area (Å²) in [7, 11) is 1.31. The minimum absolute atomic E-state index is 0.0493. The number of halogens is 1. The molecule has 7 heteroatoms. The van der Waals surface area contributed by atoms with Crippen molar-refractivity contribution in [3.8, 4) is 0 Å². The molecule has 0 bridgehead atoms. The van der Waals surface area contributed by atoms with Gasteiger partial charge in [-0.05, 0) is 36.4 Å². The average molecular weight is 365 g/mol. The van der Waals surface area contributed by atoms with E-state index >= 15 is 0 Å². The first-order chi connectivity index (χ1) is 13.1. The molecule has 136 valence electrons. The highest BCUT2D eigenvalue weighted by molar-refractivity contribution is 6.04. The molecule has 3 aromatic rings. The first-order valence-electron chi connectivity index (χ1n) is 8.05. The van der Waals surface area contributed by atoms with Crippen LogP contribution in [0.2, 0.25) is 0 Å².